The van der Waals surface area contributed by atoms with E-state index in [4.69, 9.17) is 9.40 Å². The van der Waals surface area contributed by atoms with Crippen molar-refractivity contribution in [1.29, 1.82) is 0 Å². The van der Waals surface area contributed by atoms with Crippen LogP contribution in [0.3, 0.4) is 0 Å². The van der Waals surface area contributed by atoms with Gasteiger partial charge in [-0.2, -0.15) is 0 Å². The molecule has 9 nitrogen and oxygen atoms in total. The van der Waals surface area contributed by atoms with Gasteiger partial charge in [-0.05, 0) is 67.1 Å². The van der Waals surface area contributed by atoms with Crippen molar-refractivity contribution in [2.24, 2.45) is 0 Å². The molecule has 7 rings (SSSR count). The average molecular weight is 613 g/mol. The minimum absolute atomic E-state index is 0.106. The highest BCUT2D eigenvalue weighted by molar-refractivity contribution is 7.17. The van der Waals surface area contributed by atoms with Gasteiger partial charge in [0.15, 0.2) is 0 Å². The van der Waals surface area contributed by atoms with Crippen LogP contribution in [-0.2, 0) is 19.4 Å². The Bertz CT molecular complexity index is 1900. The second-order valence-corrected chi connectivity index (χ2v) is 11.9. The van der Waals surface area contributed by atoms with Gasteiger partial charge in [-0.25, -0.2) is 8.78 Å². The van der Waals surface area contributed by atoms with Crippen molar-refractivity contribution in [3.63, 3.8) is 0 Å². The Hall–Kier alpha value is -4.84. The van der Waals surface area contributed by atoms with Crippen LogP contribution >= 0.6 is 11.3 Å². The van der Waals surface area contributed by atoms with Crippen LogP contribution < -0.4 is 5.32 Å². The molecule has 1 N–H and O–H groups in total. The van der Waals surface area contributed by atoms with Crippen molar-refractivity contribution >= 4 is 23.2 Å². The number of carbonyl (C=O) groups excluding carboxylic acids is 2. The molecule has 0 saturated carbocycles. The lowest BCUT2D eigenvalue weighted by Crippen LogP contribution is -2.23. The molecular formula is C32H26F2N6O3S. The number of aromatic nitrogens is 4. The number of carbonyl (C=O) groups is 2. The Balaban J connectivity index is 1.32. The molecule has 2 aliphatic rings. The summed E-state index contributed by atoms with van der Waals surface area (Å²) in [5.41, 5.74) is 4.54. The molecule has 1 aromatic carbocycles. The summed E-state index contributed by atoms with van der Waals surface area (Å²) in [4.78, 5) is 38.9. The zero-order valence-corrected chi connectivity index (χ0v) is 24.5. The van der Waals surface area contributed by atoms with E-state index in [9.17, 15) is 18.4 Å². The summed E-state index contributed by atoms with van der Waals surface area (Å²) in [6.07, 6.45) is 5.35. The van der Waals surface area contributed by atoms with E-state index in [2.05, 4.69) is 20.5 Å². The lowest BCUT2D eigenvalue weighted by Gasteiger charge is -2.16. The van der Waals surface area contributed by atoms with Gasteiger partial charge in [0.1, 0.15) is 11.6 Å². The van der Waals surface area contributed by atoms with Gasteiger partial charge in [-0.3, -0.25) is 19.6 Å². The van der Waals surface area contributed by atoms with Crippen LogP contribution in [0.1, 0.15) is 67.3 Å². The Labute approximate surface area is 255 Å². The number of hydrogen-bond donors (Lipinski definition) is 1. The van der Waals surface area contributed by atoms with Crippen LogP contribution in [-0.4, -0.2) is 43.4 Å². The smallest absolute Gasteiger partial charge is 0.261 e. The highest BCUT2D eigenvalue weighted by Gasteiger charge is 2.44. The van der Waals surface area contributed by atoms with Crippen molar-refractivity contribution < 1.29 is 22.8 Å². The lowest BCUT2D eigenvalue weighted by molar-refractivity contribution is 0.0776. The summed E-state index contributed by atoms with van der Waals surface area (Å²) >= 11 is 1.24. The third-order valence-electron chi connectivity index (χ3n) is 7.94. The lowest BCUT2D eigenvalue weighted by atomic mass is 9.93. The molecule has 1 unspecified atom stereocenters. The van der Waals surface area contributed by atoms with E-state index in [0.29, 0.717) is 63.0 Å². The second-order valence-electron chi connectivity index (χ2n) is 10.8. The SMILES string of the molecule is Cc1nnc(-c2c(CCc3ccc(F)cc3)nc3c(c2-c2ccc(C(=O)NCc4cncc(F)c4)s2)C(=O)N2CCCC32)o1. The summed E-state index contributed by atoms with van der Waals surface area (Å²) in [5, 5.41) is 11.2. The number of rotatable bonds is 8. The zero-order valence-electron chi connectivity index (χ0n) is 23.6. The predicted octanol–water partition coefficient (Wildman–Crippen LogP) is 5.85. The maximum Gasteiger partial charge on any atom is 0.261 e. The van der Waals surface area contributed by atoms with Gasteiger partial charge < -0.3 is 14.6 Å². The van der Waals surface area contributed by atoms with E-state index in [0.717, 1.165) is 30.3 Å². The van der Waals surface area contributed by atoms with Crippen molar-refractivity contribution in [3.05, 3.63) is 105 Å². The molecule has 2 aliphatic heterocycles. The van der Waals surface area contributed by atoms with E-state index < -0.39 is 5.82 Å². The van der Waals surface area contributed by atoms with E-state index in [-0.39, 0.29) is 36.1 Å². The highest BCUT2D eigenvalue weighted by Crippen LogP contribution is 2.49. The molecule has 0 aliphatic carbocycles. The van der Waals surface area contributed by atoms with E-state index >= 15 is 0 Å². The molecule has 2 amide bonds. The molecule has 0 bridgehead atoms. The normalized spacial score (nSPS) is 15.5. The fourth-order valence-corrected chi connectivity index (χ4v) is 6.92. The van der Waals surface area contributed by atoms with Gasteiger partial charge in [-0.15, -0.1) is 21.5 Å². The number of nitrogens with one attached hydrogen (secondary N) is 1. The van der Waals surface area contributed by atoms with Crippen LogP contribution in [0, 0.1) is 18.6 Å². The third-order valence-corrected chi connectivity index (χ3v) is 9.04. The van der Waals surface area contributed by atoms with Crippen LogP contribution in [0.25, 0.3) is 21.9 Å². The van der Waals surface area contributed by atoms with E-state index in [1.54, 1.807) is 25.1 Å². The number of amides is 2. The summed E-state index contributed by atoms with van der Waals surface area (Å²) in [7, 11) is 0. The molecule has 5 aromatic rings. The molecule has 12 heteroatoms. The largest absolute Gasteiger partial charge is 0.421 e. The van der Waals surface area contributed by atoms with Crippen molar-refractivity contribution in [2.45, 2.75) is 45.2 Å². The molecule has 6 heterocycles. The van der Waals surface area contributed by atoms with Gasteiger partial charge in [0.25, 0.3) is 11.8 Å². The standard InChI is InChI=1S/C32H26F2N6O3S/c1-17-38-39-31(43-17)26-22(9-6-18-4-7-20(33)8-5-18)37-29-23-3-2-12-40(23)32(42)28(29)27(26)24-10-11-25(44-24)30(41)36-15-19-13-21(34)16-35-14-19/h4-5,7-8,10-11,13-14,16,23H,2-3,6,9,12,15H2,1H3,(H,36,41). The Morgan fingerprint density at radius 1 is 1.02 bits per heavy atom. The summed E-state index contributed by atoms with van der Waals surface area (Å²) < 4.78 is 33.1. The predicted molar refractivity (Wildman–Crippen MR) is 158 cm³/mol. The number of pyridine rings is 2. The third kappa shape index (κ3) is 5.15. The van der Waals surface area contributed by atoms with Gasteiger partial charge in [-0.1, -0.05) is 12.1 Å². The first-order valence-corrected chi connectivity index (χ1v) is 15.1. The molecular weight excluding hydrogens is 586 g/mol. The minimum Gasteiger partial charge on any atom is -0.421 e. The first kappa shape index (κ1) is 28.0. The van der Waals surface area contributed by atoms with Crippen LogP contribution in [0.15, 0.2) is 59.3 Å². The average Bonchev–Trinajstić information content (AvgIpc) is 3.82. The van der Waals surface area contributed by atoms with Crippen molar-refractivity contribution in [1.82, 2.24) is 30.4 Å². The Morgan fingerprint density at radius 2 is 1.86 bits per heavy atom. The van der Waals surface area contributed by atoms with E-state index in [1.807, 2.05) is 11.0 Å². The molecule has 4 aromatic heterocycles. The fourth-order valence-electron chi connectivity index (χ4n) is 5.94. The number of benzene rings is 1. The van der Waals surface area contributed by atoms with Crippen molar-refractivity contribution in [2.75, 3.05) is 6.54 Å². The maximum absolute atomic E-state index is 13.9. The number of fused-ring (bicyclic) bond motifs is 3. The van der Waals surface area contributed by atoms with Crippen LogP contribution in [0.2, 0.25) is 0 Å². The van der Waals surface area contributed by atoms with Crippen molar-refractivity contribution in [3.8, 4) is 21.9 Å². The van der Waals surface area contributed by atoms with E-state index in [1.165, 1.54) is 35.7 Å². The monoisotopic (exact) mass is 612 g/mol. The molecule has 1 saturated heterocycles. The van der Waals surface area contributed by atoms with Gasteiger partial charge in [0.2, 0.25) is 11.8 Å². The van der Waals surface area contributed by atoms with Gasteiger partial charge in [0, 0.05) is 36.7 Å². The zero-order chi connectivity index (χ0) is 30.4. The highest BCUT2D eigenvalue weighted by atomic mass is 32.1. The van der Waals surface area contributed by atoms with Gasteiger partial charge >= 0.3 is 0 Å². The van der Waals surface area contributed by atoms with Crippen LogP contribution in [0.5, 0.6) is 0 Å². The fraction of sp³-hybridized carbons (Fsp3) is 0.250. The molecule has 0 radical (unpaired) electrons. The Morgan fingerprint density at radius 3 is 2.64 bits per heavy atom. The molecule has 0 spiro atoms. The first-order valence-electron chi connectivity index (χ1n) is 14.3. The summed E-state index contributed by atoms with van der Waals surface area (Å²) in [6, 6.07) is 11.0. The number of halogens is 2. The summed E-state index contributed by atoms with van der Waals surface area (Å²) in [6.45, 7) is 2.45. The van der Waals surface area contributed by atoms with Gasteiger partial charge in [0.05, 0.1) is 39.6 Å². The topological polar surface area (TPSA) is 114 Å². The minimum atomic E-state index is -0.481. The number of nitrogens with zero attached hydrogens (tertiary/aromatic N) is 5. The second kappa shape index (κ2) is 11.3. The number of thiophene rings is 1. The number of aryl methyl sites for hydroxylation is 3. The Kier molecular flexibility index (Phi) is 7.21. The van der Waals surface area contributed by atoms with Crippen LogP contribution in [0.4, 0.5) is 8.78 Å². The molecule has 1 atom stereocenters. The molecule has 1 fully saturated rings. The number of hydrogen-bond acceptors (Lipinski definition) is 8. The first-order chi connectivity index (χ1) is 21.4. The summed E-state index contributed by atoms with van der Waals surface area (Å²) in [5.74, 6) is -0.634. The quantitative estimate of drug-likeness (QED) is 0.234. The molecule has 222 valence electrons. The molecule has 44 heavy (non-hydrogen) atoms. The maximum atomic E-state index is 13.9.